The molecule has 88 valence electrons. The fraction of sp³-hybridized carbons (Fsp3) is 0.667. The van der Waals surface area contributed by atoms with Gasteiger partial charge >= 0.3 is 0 Å². The van der Waals surface area contributed by atoms with Gasteiger partial charge in [-0.2, -0.15) is 11.8 Å². The van der Waals surface area contributed by atoms with E-state index in [0.717, 1.165) is 16.9 Å². The Bertz CT molecular complexity index is 406. The lowest BCUT2D eigenvalue weighted by Gasteiger charge is -2.11. The summed E-state index contributed by atoms with van der Waals surface area (Å²) in [4.78, 5) is 7.92. The van der Waals surface area contributed by atoms with Crippen LogP contribution in [-0.4, -0.2) is 15.7 Å². The molecule has 16 heavy (non-hydrogen) atoms. The lowest BCUT2D eigenvalue weighted by atomic mass is 10.1. The monoisotopic (exact) mass is 254 g/mol. The summed E-state index contributed by atoms with van der Waals surface area (Å²) in [5.41, 5.74) is 1.23. The third-order valence-corrected chi connectivity index (χ3v) is 4.27. The molecule has 0 saturated carbocycles. The highest BCUT2D eigenvalue weighted by atomic mass is 32.2. The minimum absolute atomic E-state index is 0.536. The number of nitrogens with zero attached hydrogens (tertiary/aromatic N) is 1. The average molecular weight is 254 g/mol. The summed E-state index contributed by atoms with van der Waals surface area (Å²) < 4.78 is 0.733. The van der Waals surface area contributed by atoms with Crippen LogP contribution in [0.15, 0.2) is 6.07 Å². The van der Waals surface area contributed by atoms with Gasteiger partial charge in [-0.05, 0) is 37.0 Å². The van der Waals surface area contributed by atoms with E-state index in [1.54, 1.807) is 0 Å². The molecule has 1 fully saturated rings. The first-order valence-corrected chi connectivity index (χ1v) is 7.32. The van der Waals surface area contributed by atoms with Crippen LogP contribution in [0.25, 0.3) is 0 Å². The van der Waals surface area contributed by atoms with Gasteiger partial charge in [0.15, 0.2) is 0 Å². The van der Waals surface area contributed by atoms with Crippen molar-refractivity contribution in [2.75, 3.05) is 5.75 Å². The Morgan fingerprint density at radius 1 is 1.62 bits per heavy atom. The molecule has 1 saturated heterocycles. The van der Waals surface area contributed by atoms with E-state index < -0.39 is 0 Å². The van der Waals surface area contributed by atoms with E-state index in [4.69, 9.17) is 12.2 Å². The zero-order valence-corrected chi connectivity index (χ0v) is 11.5. The smallest absolute Gasteiger partial charge is 0.130 e. The number of hydrogen-bond donors (Lipinski definition) is 1. The summed E-state index contributed by atoms with van der Waals surface area (Å²) in [5.74, 6) is 2.99. The Hall–Kier alpha value is -0.350. The number of aromatic amines is 1. The van der Waals surface area contributed by atoms with Gasteiger partial charge in [0.25, 0.3) is 0 Å². The van der Waals surface area contributed by atoms with Crippen LogP contribution in [0.1, 0.15) is 43.5 Å². The molecule has 1 unspecified atom stereocenters. The van der Waals surface area contributed by atoms with E-state index in [9.17, 15) is 0 Å². The van der Waals surface area contributed by atoms with Crippen molar-refractivity contribution in [1.82, 2.24) is 9.97 Å². The largest absolute Gasteiger partial charge is 0.346 e. The SMILES string of the molecule is CC(C)Cc1cc(=S)nc(C2CCCS2)[nH]1. The van der Waals surface area contributed by atoms with Crippen LogP contribution in [-0.2, 0) is 6.42 Å². The predicted molar refractivity (Wildman–Crippen MR) is 72.4 cm³/mol. The van der Waals surface area contributed by atoms with Crippen LogP contribution in [0.5, 0.6) is 0 Å². The zero-order chi connectivity index (χ0) is 11.5. The minimum atomic E-state index is 0.536. The molecule has 0 spiro atoms. The quantitative estimate of drug-likeness (QED) is 0.829. The Labute approximate surface area is 106 Å². The fourth-order valence-corrected chi connectivity index (χ4v) is 3.49. The first-order chi connectivity index (χ1) is 7.65. The second kappa shape index (κ2) is 5.32. The van der Waals surface area contributed by atoms with E-state index in [-0.39, 0.29) is 0 Å². The summed E-state index contributed by atoms with van der Waals surface area (Å²) >= 11 is 7.23. The molecule has 1 aliphatic heterocycles. The molecule has 0 bridgehead atoms. The summed E-state index contributed by atoms with van der Waals surface area (Å²) in [7, 11) is 0. The Kier molecular flexibility index (Phi) is 4.03. The molecule has 0 amide bonds. The number of rotatable bonds is 3. The van der Waals surface area contributed by atoms with Gasteiger partial charge in [-0.1, -0.05) is 26.1 Å². The fourth-order valence-electron chi connectivity index (χ4n) is 2.02. The third-order valence-electron chi connectivity index (χ3n) is 2.68. The van der Waals surface area contributed by atoms with Crippen molar-refractivity contribution in [2.45, 2.75) is 38.4 Å². The molecule has 2 rings (SSSR count). The van der Waals surface area contributed by atoms with Crippen molar-refractivity contribution in [3.05, 3.63) is 22.2 Å². The summed E-state index contributed by atoms with van der Waals surface area (Å²) in [6.45, 7) is 4.45. The maximum absolute atomic E-state index is 5.23. The highest BCUT2D eigenvalue weighted by Gasteiger charge is 2.20. The van der Waals surface area contributed by atoms with Crippen LogP contribution >= 0.6 is 24.0 Å². The molecule has 0 radical (unpaired) electrons. The number of hydrogen-bond acceptors (Lipinski definition) is 3. The molecule has 1 aromatic heterocycles. The van der Waals surface area contributed by atoms with Gasteiger partial charge in [0.1, 0.15) is 10.5 Å². The Morgan fingerprint density at radius 2 is 2.44 bits per heavy atom. The van der Waals surface area contributed by atoms with E-state index in [0.29, 0.717) is 11.2 Å². The van der Waals surface area contributed by atoms with Gasteiger partial charge in [-0.25, -0.2) is 4.98 Å². The highest BCUT2D eigenvalue weighted by molar-refractivity contribution is 7.99. The van der Waals surface area contributed by atoms with Crippen LogP contribution in [0.3, 0.4) is 0 Å². The molecule has 0 aromatic carbocycles. The normalized spacial score (nSPS) is 20.6. The molecule has 0 aliphatic carbocycles. The lowest BCUT2D eigenvalue weighted by molar-refractivity contribution is 0.627. The third kappa shape index (κ3) is 3.08. The molecule has 1 atom stereocenters. The first-order valence-electron chi connectivity index (χ1n) is 5.87. The molecule has 1 aliphatic rings. The number of H-pyrrole nitrogens is 1. The minimum Gasteiger partial charge on any atom is -0.346 e. The predicted octanol–water partition coefficient (Wildman–Crippen LogP) is 3.91. The van der Waals surface area contributed by atoms with E-state index in [2.05, 4.69) is 23.8 Å². The second-order valence-electron chi connectivity index (χ2n) is 4.73. The molecule has 1 aromatic rings. The standard InChI is InChI=1S/C12H18N2S2/c1-8(2)6-9-7-11(15)14-12(13-9)10-4-3-5-16-10/h7-8,10H,3-6H2,1-2H3,(H,13,14,15). The van der Waals surface area contributed by atoms with Crippen molar-refractivity contribution in [1.29, 1.82) is 0 Å². The number of aromatic nitrogens is 2. The summed E-state index contributed by atoms with van der Waals surface area (Å²) in [5, 5.41) is 0.536. The maximum atomic E-state index is 5.23. The van der Waals surface area contributed by atoms with Crippen LogP contribution in [0.2, 0.25) is 0 Å². The molecule has 2 nitrogen and oxygen atoms in total. The molecule has 2 heterocycles. The molecule has 4 heteroatoms. The first kappa shape index (κ1) is 12.1. The number of thioether (sulfide) groups is 1. The Morgan fingerprint density at radius 3 is 3.06 bits per heavy atom. The van der Waals surface area contributed by atoms with Gasteiger partial charge in [0.2, 0.25) is 0 Å². The topological polar surface area (TPSA) is 28.7 Å². The van der Waals surface area contributed by atoms with Crippen LogP contribution < -0.4 is 0 Å². The van der Waals surface area contributed by atoms with E-state index >= 15 is 0 Å². The zero-order valence-electron chi connectivity index (χ0n) is 9.82. The summed E-state index contributed by atoms with van der Waals surface area (Å²) in [6.07, 6.45) is 3.58. The van der Waals surface area contributed by atoms with Crippen molar-refractivity contribution >= 4 is 24.0 Å². The van der Waals surface area contributed by atoms with Gasteiger partial charge in [0, 0.05) is 5.69 Å². The van der Waals surface area contributed by atoms with Gasteiger partial charge in [-0.3, -0.25) is 0 Å². The van der Waals surface area contributed by atoms with E-state index in [1.165, 1.54) is 24.3 Å². The van der Waals surface area contributed by atoms with Gasteiger partial charge in [-0.15, -0.1) is 0 Å². The van der Waals surface area contributed by atoms with Gasteiger partial charge < -0.3 is 4.98 Å². The Balaban J connectivity index is 2.24. The molecular weight excluding hydrogens is 236 g/mol. The molecule has 1 N–H and O–H groups in total. The van der Waals surface area contributed by atoms with Crippen molar-refractivity contribution in [3.8, 4) is 0 Å². The van der Waals surface area contributed by atoms with Crippen molar-refractivity contribution in [3.63, 3.8) is 0 Å². The van der Waals surface area contributed by atoms with Crippen LogP contribution in [0, 0.1) is 10.6 Å². The molecular formula is C12H18N2S2. The van der Waals surface area contributed by atoms with Gasteiger partial charge in [0.05, 0.1) is 5.25 Å². The van der Waals surface area contributed by atoms with Crippen LogP contribution in [0.4, 0.5) is 0 Å². The summed E-state index contributed by atoms with van der Waals surface area (Å²) in [6, 6.07) is 2.00. The number of nitrogens with one attached hydrogen (secondary N) is 1. The van der Waals surface area contributed by atoms with Crippen molar-refractivity contribution < 1.29 is 0 Å². The highest BCUT2D eigenvalue weighted by Crippen LogP contribution is 2.38. The maximum Gasteiger partial charge on any atom is 0.130 e. The average Bonchev–Trinajstić information content (AvgIpc) is 2.67. The van der Waals surface area contributed by atoms with E-state index in [1.807, 2.05) is 17.8 Å². The second-order valence-corrected chi connectivity index (χ2v) is 6.46. The lowest BCUT2D eigenvalue weighted by Crippen LogP contribution is -2.04. The van der Waals surface area contributed by atoms with Crippen molar-refractivity contribution in [2.24, 2.45) is 5.92 Å².